The van der Waals surface area contributed by atoms with Gasteiger partial charge in [0.1, 0.15) is 5.76 Å². The Balaban J connectivity index is 1.72. The summed E-state index contributed by atoms with van der Waals surface area (Å²) in [6.07, 6.45) is 4.91. The molecule has 0 spiro atoms. The number of benzene rings is 1. The summed E-state index contributed by atoms with van der Waals surface area (Å²) in [4.78, 5) is 10.7. The number of nitrogens with zero attached hydrogens (tertiary/aromatic N) is 1. The van der Waals surface area contributed by atoms with Crippen LogP contribution in [0.3, 0.4) is 0 Å². The van der Waals surface area contributed by atoms with Gasteiger partial charge in [0.25, 0.3) is 5.69 Å². The van der Waals surface area contributed by atoms with Crippen LogP contribution in [0.25, 0.3) is 0 Å². The molecule has 0 saturated heterocycles. The van der Waals surface area contributed by atoms with Crippen LogP contribution in [0.2, 0.25) is 0 Å². The van der Waals surface area contributed by atoms with Crippen LogP contribution >= 0.6 is 0 Å². The highest BCUT2D eigenvalue weighted by Crippen LogP contribution is 2.30. The minimum atomic E-state index is -0.326. The Kier molecular flexibility index (Phi) is 3.75. The molecule has 1 N–H and O–H groups in total. The van der Waals surface area contributed by atoms with Crippen LogP contribution in [0.15, 0.2) is 34.9 Å². The highest BCUT2D eigenvalue weighted by molar-refractivity contribution is 5.42. The molecule has 0 aliphatic heterocycles. The smallest absolute Gasteiger partial charge is 0.272 e. The Morgan fingerprint density at radius 3 is 3.10 bits per heavy atom. The lowest BCUT2D eigenvalue weighted by Gasteiger charge is -2.22. The first-order valence-corrected chi connectivity index (χ1v) is 7.18. The van der Waals surface area contributed by atoms with Gasteiger partial charge in [0.05, 0.1) is 11.2 Å². The minimum absolute atomic E-state index is 0.182. The van der Waals surface area contributed by atoms with Gasteiger partial charge in [0, 0.05) is 36.2 Å². The predicted octanol–water partition coefficient (Wildman–Crippen LogP) is 3.66. The summed E-state index contributed by atoms with van der Waals surface area (Å²) in [5.41, 5.74) is 3.03. The zero-order valence-electron chi connectivity index (χ0n) is 12.0. The number of rotatable bonds is 4. The topological polar surface area (TPSA) is 68.3 Å². The van der Waals surface area contributed by atoms with Crippen LogP contribution in [0.1, 0.15) is 41.3 Å². The van der Waals surface area contributed by atoms with Crippen LogP contribution < -0.4 is 5.32 Å². The SMILES string of the molecule is Cc1ccc(CNC2CCCc3occc32)cc1[N+](=O)[O-]. The third kappa shape index (κ3) is 2.83. The molecule has 1 heterocycles. The second-order valence-corrected chi connectivity index (χ2v) is 5.50. The number of nitro benzene ring substituents is 1. The van der Waals surface area contributed by atoms with Gasteiger partial charge in [0.2, 0.25) is 0 Å². The monoisotopic (exact) mass is 286 g/mol. The summed E-state index contributed by atoms with van der Waals surface area (Å²) in [6.45, 7) is 2.38. The van der Waals surface area contributed by atoms with Gasteiger partial charge in [-0.1, -0.05) is 12.1 Å². The second kappa shape index (κ2) is 5.69. The maximum absolute atomic E-state index is 11.0. The van der Waals surface area contributed by atoms with Gasteiger partial charge in [-0.05, 0) is 31.4 Å². The van der Waals surface area contributed by atoms with E-state index in [1.807, 2.05) is 12.1 Å². The summed E-state index contributed by atoms with van der Waals surface area (Å²) in [6, 6.07) is 7.69. The molecule has 1 aliphatic carbocycles. The quantitative estimate of drug-likeness (QED) is 0.688. The fourth-order valence-electron chi connectivity index (χ4n) is 2.90. The fourth-order valence-corrected chi connectivity index (χ4v) is 2.90. The zero-order chi connectivity index (χ0) is 14.8. The van der Waals surface area contributed by atoms with Crippen molar-refractivity contribution < 1.29 is 9.34 Å². The molecule has 1 aromatic carbocycles. The van der Waals surface area contributed by atoms with E-state index in [0.29, 0.717) is 12.1 Å². The molecule has 1 unspecified atom stereocenters. The van der Waals surface area contributed by atoms with Gasteiger partial charge >= 0.3 is 0 Å². The van der Waals surface area contributed by atoms with Crippen molar-refractivity contribution in [3.8, 4) is 0 Å². The number of hydrogen-bond donors (Lipinski definition) is 1. The van der Waals surface area contributed by atoms with E-state index in [0.717, 1.165) is 30.6 Å². The van der Waals surface area contributed by atoms with Crippen LogP contribution in [0.4, 0.5) is 5.69 Å². The molecular weight excluding hydrogens is 268 g/mol. The Labute approximate surface area is 123 Å². The predicted molar refractivity (Wildman–Crippen MR) is 79.1 cm³/mol. The number of nitrogens with one attached hydrogen (secondary N) is 1. The van der Waals surface area contributed by atoms with Crippen LogP contribution in [-0.2, 0) is 13.0 Å². The summed E-state index contributed by atoms with van der Waals surface area (Å²) in [5.74, 6) is 1.06. The molecule has 5 heteroatoms. The van der Waals surface area contributed by atoms with E-state index in [-0.39, 0.29) is 16.7 Å². The lowest BCUT2D eigenvalue weighted by molar-refractivity contribution is -0.385. The van der Waals surface area contributed by atoms with E-state index in [1.165, 1.54) is 5.56 Å². The summed E-state index contributed by atoms with van der Waals surface area (Å²) >= 11 is 0. The van der Waals surface area contributed by atoms with Crippen molar-refractivity contribution in [3.63, 3.8) is 0 Å². The van der Waals surface area contributed by atoms with Crippen LogP contribution in [0, 0.1) is 17.0 Å². The molecule has 0 saturated carbocycles. The lowest BCUT2D eigenvalue weighted by Crippen LogP contribution is -2.24. The molecule has 0 bridgehead atoms. The highest BCUT2D eigenvalue weighted by Gasteiger charge is 2.22. The van der Waals surface area contributed by atoms with Crippen molar-refractivity contribution in [2.24, 2.45) is 0 Å². The van der Waals surface area contributed by atoms with Crippen molar-refractivity contribution in [2.75, 3.05) is 0 Å². The standard InChI is InChI=1S/C16H18N2O3/c1-11-5-6-12(9-15(11)18(19)20)10-17-14-3-2-4-16-13(14)7-8-21-16/h5-9,14,17H,2-4,10H2,1H3. The molecule has 0 fully saturated rings. The summed E-state index contributed by atoms with van der Waals surface area (Å²) < 4.78 is 5.48. The Morgan fingerprint density at radius 1 is 1.43 bits per heavy atom. The van der Waals surface area contributed by atoms with Crippen molar-refractivity contribution in [2.45, 2.75) is 38.8 Å². The Morgan fingerprint density at radius 2 is 2.29 bits per heavy atom. The van der Waals surface area contributed by atoms with Crippen molar-refractivity contribution in [3.05, 3.63) is 63.1 Å². The first-order valence-electron chi connectivity index (χ1n) is 7.18. The number of hydrogen-bond acceptors (Lipinski definition) is 4. The summed E-state index contributed by atoms with van der Waals surface area (Å²) in [7, 11) is 0. The number of nitro groups is 1. The van der Waals surface area contributed by atoms with Crippen LogP contribution in [-0.4, -0.2) is 4.92 Å². The molecule has 5 nitrogen and oxygen atoms in total. The Bertz CT molecular complexity index is 663. The largest absolute Gasteiger partial charge is 0.469 e. The number of furan rings is 1. The average molecular weight is 286 g/mol. The van der Waals surface area contributed by atoms with Gasteiger partial charge < -0.3 is 9.73 Å². The molecule has 21 heavy (non-hydrogen) atoms. The lowest BCUT2D eigenvalue weighted by atomic mass is 9.93. The third-order valence-electron chi connectivity index (χ3n) is 4.07. The van der Waals surface area contributed by atoms with Crippen molar-refractivity contribution >= 4 is 5.69 Å². The molecule has 1 atom stereocenters. The molecule has 2 aromatic rings. The first kappa shape index (κ1) is 13.8. The van der Waals surface area contributed by atoms with Gasteiger partial charge in [-0.2, -0.15) is 0 Å². The van der Waals surface area contributed by atoms with E-state index < -0.39 is 0 Å². The average Bonchev–Trinajstić information content (AvgIpc) is 2.95. The van der Waals surface area contributed by atoms with Crippen LogP contribution in [0.5, 0.6) is 0 Å². The molecule has 1 aliphatic rings. The van der Waals surface area contributed by atoms with Gasteiger partial charge in [-0.25, -0.2) is 0 Å². The van der Waals surface area contributed by atoms with Gasteiger partial charge in [-0.15, -0.1) is 0 Å². The molecule has 0 radical (unpaired) electrons. The second-order valence-electron chi connectivity index (χ2n) is 5.50. The molecular formula is C16H18N2O3. The summed E-state index contributed by atoms with van der Waals surface area (Å²) in [5, 5.41) is 14.5. The third-order valence-corrected chi connectivity index (χ3v) is 4.07. The highest BCUT2D eigenvalue weighted by atomic mass is 16.6. The molecule has 3 rings (SSSR count). The molecule has 0 amide bonds. The first-order chi connectivity index (χ1) is 10.1. The maximum Gasteiger partial charge on any atom is 0.272 e. The number of aryl methyl sites for hydroxylation is 2. The van der Waals surface area contributed by atoms with Crippen molar-refractivity contribution in [1.82, 2.24) is 5.32 Å². The van der Waals surface area contributed by atoms with E-state index in [1.54, 1.807) is 25.3 Å². The van der Waals surface area contributed by atoms with Crippen molar-refractivity contribution in [1.29, 1.82) is 0 Å². The zero-order valence-corrected chi connectivity index (χ0v) is 12.0. The minimum Gasteiger partial charge on any atom is -0.469 e. The normalized spacial score (nSPS) is 17.5. The van der Waals surface area contributed by atoms with Gasteiger partial charge in [0.15, 0.2) is 0 Å². The number of fused-ring (bicyclic) bond motifs is 1. The maximum atomic E-state index is 11.0. The van der Waals surface area contributed by atoms with E-state index in [9.17, 15) is 10.1 Å². The Hall–Kier alpha value is -2.14. The van der Waals surface area contributed by atoms with E-state index >= 15 is 0 Å². The van der Waals surface area contributed by atoms with Gasteiger partial charge in [-0.3, -0.25) is 10.1 Å². The molecule has 1 aromatic heterocycles. The fraction of sp³-hybridized carbons (Fsp3) is 0.375. The molecule has 110 valence electrons. The van der Waals surface area contributed by atoms with E-state index in [4.69, 9.17) is 4.42 Å². The van der Waals surface area contributed by atoms with E-state index in [2.05, 4.69) is 5.32 Å².